The molecule has 9 nitrogen and oxygen atoms in total. The molecule has 40 heavy (non-hydrogen) atoms. The lowest BCUT2D eigenvalue weighted by molar-refractivity contribution is -0.275. The van der Waals surface area contributed by atoms with Crippen molar-refractivity contribution in [3.63, 3.8) is 0 Å². The standard InChI is InChI=1S/C25H23Cl2F4N7O2/c1-2-37(23(39)18-6-4-10-33-18)19-12-38(36-22(19)14-8-9-15(26)16(27)11-14)24(34-13-32)35-17-5-3-7-20(21(17)28)40-25(29,30)31/h3,5,7-9,11,18-19,33H,2,4,6,10,12H2,1H3,(H,34,35)/t18-,19?/m1/s1. The van der Waals surface area contributed by atoms with E-state index in [9.17, 15) is 27.6 Å². The van der Waals surface area contributed by atoms with Crippen LogP contribution >= 0.6 is 23.2 Å². The van der Waals surface area contributed by atoms with Crippen molar-refractivity contribution in [2.75, 3.05) is 25.0 Å². The maximum Gasteiger partial charge on any atom is 0.573 e. The number of guanidine groups is 1. The summed E-state index contributed by atoms with van der Waals surface area (Å²) in [5.41, 5.74) is 0.494. The zero-order valence-corrected chi connectivity index (χ0v) is 22.5. The summed E-state index contributed by atoms with van der Waals surface area (Å²) in [6.07, 6.45) is -2.01. The number of hydrazone groups is 1. The Hall–Kier alpha value is -3.60. The molecule has 2 atom stereocenters. The van der Waals surface area contributed by atoms with Crippen LogP contribution in [0.15, 0.2) is 46.5 Å². The first-order valence-electron chi connectivity index (χ1n) is 12.2. The molecule has 2 aliphatic rings. The average molecular weight is 600 g/mol. The Labute approximate surface area is 237 Å². The van der Waals surface area contributed by atoms with E-state index in [0.717, 1.165) is 24.6 Å². The summed E-state index contributed by atoms with van der Waals surface area (Å²) in [4.78, 5) is 18.8. The maximum absolute atomic E-state index is 14.9. The second kappa shape index (κ2) is 12.3. The summed E-state index contributed by atoms with van der Waals surface area (Å²) >= 11 is 12.3. The smallest absolute Gasteiger partial charge is 0.403 e. The molecule has 212 valence electrons. The zero-order chi connectivity index (χ0) is 29.0. The van der Waals surface area contributed by atoms with Crippen LogP contribution in [0, 0.1) is 17.3 Å². The molecule has 0 aromatic heterocycles. The molecule has 2 aromatic rings. The monoisotopic (exact) mass is 599 g/mol. The van der Waals surface area contributed by atoms with E-state index < -0.39 is 29.7 Å². The van der Waals surface area contributed by atoms with Crippen molar-refractivity contribution in [2.24, 2.45) is 10.1 Å². The summed E-state index contributed by atoms with van der Waals surface area (Å²) in [6, 6.07) is 6.90. The molecule has 1 unspecified atom stereocenters. The van der Waals surface area contributed by atoms with E-state index in [-0.39, 0.29) is 29.5 Å². The molecule has 4 rings (SSSR count). The number of nitriles is 1. The number of likely N-dealkylation sites (N-methyl/N-ethyl adjacent to an activating group) is 1. The Morgan fingerprint density at radius 1 is 1.32 bits per heavy atom. The van der Waals surface area contributed by atoms with Gasteiger partial charge in [-0.3, -0.25) is 4.79 Å². The van der Waals surface area contributed by atoms with Gasteiger partial charge in [-0.25, -0.2) is 9.40 Å². The molecule has 15 heteroatoms. The van der Waals surface area contributed by atoms with Crippen LogP contribution in [-0.2, 0) is 4.79 Å². The van der Waals surface area contributed by atoms with Crippen molar-refractivity contribution >= 4 is 46.5 Å². The van der Waals surface area contributed by atoms with Crippen LogP contribution in [0.25, 0.3) is 0 Å². The second-order valence-corrected chi connectivity index (χ2v) is 9.63. The fourth-order valence-electron chi connectivity index (χ4n) is 4.53. The van der Waals surface area contributed by atoms with Crippen LogP contribution in [0.1, 0.15) is 25.3 Å². The van der Waals surface area contributed by atoms with Crippen molar-refractivity contribution in [2.45, 2.75) is 38.2 Å². The number of nitrogens with one attached hydrogen (secondary N) is 2. The second-order valence-electron chi connectivity index (χ2n) is 8.81. The lowest BCUT2D eigenvalue weighted by Gasteiger charge is -2.31. The zero-order valence-electron chi connectivity index (χ0n) is 21.0. The van der Waals surface area contributed by atoms with Crippen molar-refractivity contribution < 1.29 is 27.1 Å². The van der Waals surface area contributed by atoms with Crippen LogP contribution in [0.3, 0.4) is 0 Å². The molecular formula is C25H23Cl2F4N7O2. The molecule has 0 spiro atoms. The van der Waals surface area contributed by atoms with Gasteiger partial charge in [-0.1, -0.05) is 35.3 Å². The van der Waals surface area contributed by atoms with Crippen molar-refractivity contribution in [1.82, 2.24) is 15.2 Å². The third kappa shape index (κ3) is 6.57. The minimum atomic E-state index is -5.12. The third-order valence-electron chi connectivity index (χ3n) is 6.30. The number of aliphatic imine (C=N–C) groups is 1. The Balaban J connectivity index is 1.70. The van der Waals surface area contributed by atoms with E-state index in [1.54, 1.807) is 29.3 Å². The predicted molar refractivity (Wildman–Crippen MR) is 142 cm³/mol. The Morgan fingerprint density at radius 3 is 2.73 bits per heavy atom. The number of benzene rings is 2. The highest BCUT2D eigenvalue weighted by Gasteiger charge is 2.39. The first-order valence-corrected chi connectivity index (χ1v) is 12.9. The topological polar surface area (TPSA) is 105 Å². The first-order chi connectivity index (χ1) is 19.0. The molecule has 1 fully saturated rings. The number of carbonyl (C=O) groups excluding carboxylic acids is 1. The number of alkyl halides is 3. The van der Waals surface area contributed by atoms with E-state index in [1.165, 1.54) is 5.01 Å². The number of hydrogen-bond acceptors (Lipinski definition) is 6. The number of anilines is 1. The number of amides is 1. The molecule has 2 aromatic carbocycles. The first kappa shape index (κ1) is 29.4. The van der Waals surface area contributed by atoms with Crippen LogP contribution in [0.2, 0.25) is 10.0 Å². The van der Waals surface area contributed by atoms with E-state index >= 15 is 0 Å². The van der Waals surface area contributed by atoms with Crippen LogP contribution < -0.4 is 15.4 Å². The van der Waals surface area contributed by atoms with Crippen LogP contribution in [0.5, 0.6) is 5.75 Å². The van der Waals surface area contributed by atoms with Crippen molar-refractivity contribution in [3.05, 3.63) is 57.8 Å². The minimum absolute atomic E-state index is 0.00421. The van der Waals surface area contributed by atoms with Gasteiger partial charge >= 0.3 is 6.36 Å². The third-order valence-corrected chi connectivity index (χ3v) is 7.04. The van der Waals surface area contributed by atoms with Gasteiger partial charge in [0.25, 0.3) is 0 Å². The van der Waals surface area contributed by atoms with Crippen molar-refractivity contribution in [1.29, 1.82) is 5.26 Å². The Bertz CT molecular complexity index is 1370. The van der Waals surface area contributed by atoms with Crippen LogP contribution in [-0.4, -0.2) is 65.6 Å². The number of carbonyl (C=O) groups is 1. The highest BCUT2D eigenvalue weighted by atomic mass is 35.5. The normalized spacial score (nSPS) is 19.3. The fourth-order valence-corrected chi connectivity index (χ4v) is 4.83. The fraction of sp³-hybridized carbons (Fsp3) is 0.360. The maximum atomic E-state index is 14.9. The van der Waals surface area contributed by atoms with E-state index in [4.69, 9.17) is 23.2 Å². The number of halogens is 6. The molecule has 0 aliphatic carbocycles. The van der Waals surface area contributed by atoms with Crippen LogP contribution in [0.4, 0.5) is 23.2 Å². The number of hydrogen-bond donors (Lipinski definition) is 2. The predicted octanol–water partition coefficient (Wildman–Crippen LogP) is 4.97. The molecule has 0 bridgehead atoms. The van der Waals surface area contributed by atoms with Crippen molar-refractivity contribution in [3.8, 4) is 11.9 Å². The average Bonchev–Trinajstić information content (AvgIpc) is 3.58. The van der Waals surface area contributed by atoms with E-state index in [0.29, 0.717) is 35.8 Å². The van der Waals surface area contributed by atoms with Gasteiger partial charge in [-0.15, -0.1) is 18.2 Å². The van der Waals surface area contributed by atoms with Gasteiger partial charge in [0, 0.05) is 12.1 Å². The minimum Gasteiger partial charge on any atom is -0.403 e. The van der Waals surface area contributed by atoms with Gasteiger partial charge in [0.05, 0.1) is 40.1 Å². The summed E-state index contributed by atoms with van der Waals surface area (Å²) in [5.74, 6) is -2.85. The quantitative estimate of drug-likeness (QED) is 0.210. The highest BCUT2D eigenvalue weighted by molar-refractivity contribution is 6.42. The van der Waals surface area contributed by atoms with Gasteiger partial charge in [0.1, 0.15) is 0 Å². The number of ether oxygens (including phenoxy) is 1. The lowest BCUT2D eigenvalue weighted by Crippen LogP contribution is -2.52. The number of nitrogens with zero attached hydrogens (tertiary/aromatic N) is 5. The summed E-state index contributed by atoms with van der Waals surface area (Å²) in [5, 5.41) is 21.4. The lowest BCUT2D eigenvalue weighted by atomic mass is 10.0. The Morgan fingerprint density at radius 2 is 2.10 bits per heavy atom. The van der Waals surface area contributed by atoms with Gasteiger partial charge in [0.15, 0.2) is 11.6 Å². The molecule has 0 radical (unpaired) electrons. The highest BCUT2D eigenvalue weighted by Crippen LogP contribution is 2.31. The Kier molecular flexibility index (Phi) is 9.02. The molecule has 2 N–H and O–H groups in total. The number of rotatable bonds is 6. The summed E-state index contributed by atoms with van der Waals surface area (Å²) in [7, 11) is 0. The summed E-state index contributed by atoms with van der Waals surface area (Å²) in [6.45, 7) is 2.84. The molecule has 0 saturated carbocycles. The van der Waals surface area contributed by atoms with E-state index in [2.05, 4.69) is 25.5 Å². The van der Waals surface area contributed by atoms with E-state index in [1.807, 2.05) is 6.92 Å². The molecular weight excluding hydrogens is 577 g/mol. The SMILES string of the molecule is CCN(C(=O)[C@H]1CCCN1)C1CN(/C(=N\C#N)Nc2cccc(OC(F)(F)F)c2F)N=C1c1ccc(Cl)c(Cl)c1. The van der Waals surface area contributed by atoms with Gasteiger partial charge in [-0.2, -0.15) is 10.4 Å². The molecule has 2 aliphatic heterocycles. The molecule has 1 amide bonds. The molecule has 1 saturated heterocycles. The van der Waals surface area contributed by atoms with Gasteiger partial charge < -0.3 is 20.3 Å². The van der Waals surface area contributed by atoms with Gasteiger partial charge in [-0.05, 0) is 50.6 Å². The molecule has 2 heterocycles. The summed E-state index contributed by atoms with van der Waals surface area (Å²) < 4.78 is 56.8. The largest absolute Gasteiger partial charge is 0.573 e. The van der Waals surface area contributed by atoms with Gasteiger partial charge in [0.2, 0.25) is 18.1 Å².